The van der Waals surface area contributed by atoms with Crippen molar-refractivity contribution in [2.45, 2.75) is 6.42 Å². The number of aliphatic imine (C=N–C) groups is 1. The van der Waals surface area contributed by atoms with E-state index in [-0.39, 0.29) is 0 Å². The lowest BCUT2D eigenvalue weighted by atomic mass is 9.93. The summed E-state index contributed by atoms with van der Waals surface area (Å²) in [4.78, 5) is 4.64. The fraction of sp³-hybridized carbons (Fsp3) is 0.133. The summed E-state index contributed by atoms with van der Waals surface area (Å²) in [7, 11) is 0. The highest BCUT2D eigenvalue weighted by Crippen LogP contribution is 2.21. The van der Waals surface area contributed by atoms with E-state index in [1.807, 2.05) is 24.3 Å². The number of hydrogen-bond donors (Lipinski definition) is 0. The molecule has 0 spiro atoms. The summed E-state index contributed by atoms with van der Waals surface area (Å²) in [6, 6.07) is 16.4. The van der Waals surface area contributed by atoms with Gasteiger partial charge in [0, 0.05) is 22.7 Å². The second kappa shape index (κ2) is 4.34. The van der Waals surface area contributed by atoms with Crippen molar-refractivity contribution in [1.82, 2.24) is 0 Å². The lowest BCUT2D eigenvalue weighted by molar-refractivity contribution is 0.944. The second-order valence-corrected chi connectivity index (χ2v) is 4.58. The molecular weight excluding hydrogens is 230 g/mol. The zero-order valence-corrected chi connectivity index (χ0v) is 10.1. The predicted octanol–water partition coefficient (Wildman–Crippen LogP) is 3.73. The molecule has 0 fully saturated rings. The van der Waals surface area contributed by atoms with Gasteiger partial charge in [-0.05, 0) is 24.1 Å². The van der Waals surface area contributed by atoms with Crippen LogP contribution in [0.2, 0.25) is 5.02 Å². The van der Waals surface area contributed by atoms with E-state index in [2.05, 4.69) is 29.3 Å². The topological polar surface area (TPSA) is 12.4 Å². The molecular formula is C15H12ClN. The van der Waals surface area contributed by atoms with Gasteiger partial charge in [-0.15, -0.1) is 0 Å². The molecule has 0 atom stereocenters. The van der Waals surface area contributed by atoms with Crippen LogP contribution >= 0.6 is 11.6 Å². The van der Waals surface area contributed by atoms with Crippen LogP contribution < -0.4 is 0 Å². The minimum absolute atomic E-state index is 0.762. The monoisotopic (exact) mass is 241 g/mol. The Balaban J connectivity index is 2.09. The van der Waals surface area contributed by atoms with E-state index >= 15 is 0 Å². The van der Waals surface area contributed by atoms with Gasteiger partial charge in [0.1, 0.15) is 0 Å². The minimum Gasteiger partial charge on any atom is -0.284 e. The smallest absolute Gasteiger partial charge is 0.0721 e. The van der Waals surface area contributed by atoms with Crippen LogP contribution in [0.4, 0.5) is 0 Å². The number of halogens is 1. The molecule has 2 heteroatoms. The third-order valence-electron chi connectivity index (χ3n) is 3.04. The number of benzene rings is 2. The fourth-order valence-corrected chi connectivity index (χ4v) is 2.32. The normalized spacial score (nSPS) is 14.1. The largest absolute Gasteiger partial charge is 0.284 e. The van der Waals surface area contributed by atoms with Gasteiger partial charge in [0.2, 0.25) is 0 Å². The maximum Gasteiger partial charge on any atom is 0.0721 e. The lowest BCUT2D eigenvalue weighted by Gasteiger charge is -2.16. The molecule has 0 aliphatic carbocycles. The second-order valence-electron chi connectivity index (χ2n) is 4.14. The molecule has 17 heavy (non-hydrogen) atoms. The Labute approximate surface area is 106 Å². The molecule has 2 aromatic carbocycles. The van der Waals surface area contributed by atoms with E-state index in [0.717, 1.165) is 29.3 Å². The van der Waals surface area contributed by atoms with Crippen LogP contribution in [-0.2, 0) is 6.42 Å². The van der Waals surface area contributed by atoms with Crippen LogP contribution in [0.15, 0.2) is 53.5 Å². The summed E-state index contributed by atoms with van der Waals surface area (Å²) in [5.41, 5.74) is 4.86. The van der Waals surface area contributed by atoms with Gasteiger partial charge in [-0.2, -0.15) is 0 Å². The van der Waals surface area contributed by atoms with Crippen LogP contribution in [0.5, 0.6) is 0 Å². The number of fused-ring (bicyclic) bond motifs is 1. The summed E-state index contributed by atoms with van der Waals surface area (Å²) < 4.78 is 0. The summed E-state index contributed by atoms with van der Waals surface area (Å²) in [5, 5.41) is 0.762. The highest BCUT2D eigenvalue weighted by molar-refractivity contribution is 6.30. The zero-order valence-electron chi connectivity index (χ0n) is 9.36. The molecule has 2 aromatic rings. The van der Waals surface area contributed by atoms with E-state index in [4.69, 9.17) is 11.6 Å². The van der Waals surface area contributed by atoms with Crippen LogP contribution in [0.3, 0.4) is 0 Å². The SMILES string of the molecule is Clc1ccc(C2=NCCc3ccccc32)cc1. The van der Waals surface area contributed by atoms with Gasteiger partial charge in [-0.3, -0.25) is 4.99 Å². The molecule has 1 aliphatic rings. The van der Waals surface area contributed by atoms with Crippen LogP contribution in [0, 0.1) is 0 Å². The van der Waals surface area contributed by atoms with Crippen LogP contribution in [0.1, 0.15) is 16.7 Å². The molecule has 0 saturated carbocycles. The molecule has 0 saturated heterocycles. The number of rotatable bonds is 1. The Morgan fingerprint density at radius 2 is 1.71 bits per heavy atom. The predicted molar refractivity (Wildman–Crippen MR) is 72.1 cm³/mol. The van der Waals surface area contributed by atoms with Gasteiger partial charge in [-0.1, -0.05) is 48.0 Å². The Bertz CT molecular complexity index is 570. The molecule has 1 nitrogen and oxygen atoms in total. The summed E-state index contributed by atoms with van der Waals surface area (Å²) >= 11 is 5.91. The molecule has 1 heterocycles. The quantitative estimate of drug-likeness (QED) is 0.721. The highest BCUT2D eigenvalue weighted by Gasteiger charge is 2.14. The molecule has 84 valence electrons. The molecule has 1 aliphatic heterocycles. The van der Waals surface area contributed by atoms with Gasteiger partial charge in [0.05, 0.1) is 5.71 Å². The van der Waals surface area contributed by atoms with Gasteiger partial charge >= 0.3 is 0 Å². The average Bonchev–Trinajstić information content (AvgIpc) is 2.39. The third kappa shape index (κ3) is 1.98. The standard InChI is InChI=1S/C15H12ClN/c16-13-7-5-12(6-8-13)15-14-4-2-1-3-11(14)9-10-17-15/h1-8H,9-10H2. The van der Waals surface area contributed by atoms with E-state index in [1.165, 1.54) is 11.1 Å². The van der Waals surface area contributed by atoms with Crippen molar-refractivity contribution < 1.29 is 0 Å². The lowest BCUT2D eigenvalue weighted by Crippen LogP contribution is -2.13. The summed E-state index contributed by atoms with van der Waals surface area (Å²) in [5.74, 6) is 0. The molecule has 0 unspecified atom stereocenters. The van der Waals surface area contributed by atoms with Crippen molar-refractivity contribution >= 4 is 17.3 Å². The van der Waals surface area contributed by atoms with Gasteiger partial charge < -0.3 is 0 Å². The van der Waals surface area contributed by atoms with E-state index in [0.29, 0.717) is 0 Å². The maximum absolute atomic E-state index is 5.91. The van der Waals surface area contributed by atoms with Crippen molar-refractivity contribution in [3.05, 3.63) is 70.2 Å². The summed E-state index contributed by atoms with van der Waals surface area (Å²) in [6.07, 6.45) is 1.03. The zero-order chi connectivity index (χ0) is 11.7. The third-order valence-corrected chi connectivity index (χ3v) is 3.29. The molecule has 0 amide bonds. The molecule has 0 aromatic heterocycles. The van der Waals surface area contributed by atoms with Crippen LogP contribution in [0.25, 0.3) is 0 Å². The van der Waals surface area contributed by atoms with E-state index in [1.54, 1.807) is 0 Å². The van der Waals surface area contributed by atoms with Crippen molar-refractivity contribution in [1.29, 1.82) is 0 Å². The first-order chi connectivity index (χ1) is 8.34. The van der Waals surface area contributed by atoms with E-state index in [9.17, 15) is 0 Å². The van der Waals surface area contributed by atoms with Crippen LogP contribution in [-0.4, -0.2) is 12.3 Å². The van der Waals surface area contributed by atoms with E-state index < -0.39 is 0 Å². The Morgan fingerprint density at radius 3 is 2.53 bits per heavy atom. The molecule has 0 bridgehead atoms. The highest BCUT2D eigenvalue weighted by atomic mass is 35.5. The van der Waals surface area contributed by atoms with Gasteiger partial charge in [-0.25, -0.2) is 0 Å². The Morgan fingerprint density at radius 1 is 0.941 bits per heavy atom. The average molecular weight is 242 g/mol. The molecule has 0 N–H and O–H groups in total. The molecule has 3 rings (SSSR count). The van der Waals surface area contributed by atoms with Crippen molar-refractivity contribution in [3.8, 4) is 0 Å². The van der Waals surface area contributed by atoms with Gasteiger partial charge in [0.25, 0.3) is 0 Å². The Kier molecular flexibility index (Phi) is 2.69. The van der Waals surface area contributed by atoms with Crippen molar-refractivity contribution in [2.24, 2.45) is 4.99 Å². The van der Waals surface area contributed by atoms with Crippen molar-refractivity contribution in [2.75, 3.05) is 6.54 Å². The molecule has 0 radical (unpaired) electrons. The summed E-state index contributed by atoms with van der Waals surface area (Å²) in [6.45, 7) is 0.870. The number of hydrogen-bond acceptors (Lipinski definition) is 1. The minimum atomic E-state index is 0.762. The first kappa shape index (κ1) is 10.5. The first-order valence-corrected chi connectivity index (χ1v) is 6.11. The maximum atomic E-state index is 5.91. The van der Waals surface area contributed by atoms with Gasteiger partial charge in [0.15, 0.2) is 0 Å². The fourth-order valence-electron chi connectivity index (χ4n) is 2.20. The number of nitrogens with zero attached hydrogens (tertiary/aromatic N) is 1. The Hall–Kier alpha value is -1.60. The first-order valence-electron chi connectivity index (χ1n) is 5.73. The van der Waals surface area contributed by atoms with Crippen molar-refractivity contribution in [3.63, 3.8) is 0 Å².